The zero-order valence-electron chi connectivity index (χ0n) is 21.2. The van der Waals surface area contributed by atoms with Crippen LogP contribution in [0.3, 0.4) is 0 Å². The van der Waals surface area contributed by atoms with Gasteiger partial charge in [-0.1, -0.05) is 42.5 Å². The Bertz CT molecular complexity index is 1870. The molecule has 0 bridgehead atoms. The molecule has 0 aliphatic heterocycles. The molecule has 0 atom stereocenters. The van der Waals surface area contributed by atoms with E-state index >= 15 is 0 Å². The molecule has 3 aromatic heterocycles. The fraction of sp³-hybridized carbons (Fsp3) is 0. The second kappa shape index (κ2) is 9.84. The van der Waals surface area contributed by atoms with Crippen molar-refractivity contribution in [1.82, 2.24) is 9.97 Å². The Hall–Kier alpha value is -5.20. The smallest absolute Gasteiger partial charge is 0.197 e. The van der Waals surface area contributed by atoms with E-state index in [2.05, 4.69) is 51.3 Å². The van der Waals surface area contributed by atoms with E-state index in [9.17, 15) is 9.59 Å². The van der Waals surface area contributed by atoms with Gasteiger partial charge >= 0.3 is 0 Å². The molecule has 3 aromatic carbocycles. The van der Waals surface area contributed by atoms with Crippen molar-refractivity contribution in [2.75, 3.05) is 4.90 Å². The van der Waals surface area contributed by atoms with Crippen LogP contribution >= 0.6 is 11.3 Å². The summed E-state index contributed by atoms with van der Waals surface area (Å²) in [5.74, 6) is -0.410. The molecule has 0 N–H and O–H groups in total. The Labute approximate surface area is 234 Å². The summed E-state index contributed by atoms with van der Waals surface area (Å²) >= 11 is 1.56. The highest BCUT2D eigenvalue weighted by Crippen LogP contribution is 2.37. The van der Waals surface area contributed by atoms with Crippen LogP contribution < -0.4 is 4.90 Å². The van der Waals surface area contributed by atoms with Crippen LogP contribution in [-0.4, -0.2) is 21.5 Å². The first-order valence-electron chi connectivity index (χ1n) is 12.8. The maximum atomic E-state index is 12.8. The molecule has 0 radical (unpaired) electrons. The Morgan fingerprint density at radius 1 is 0.625 bits per heavy atom. The number of hydrogen-bond donors (Lipinski definition) is 0. The summed E-state index contributed by atoms with van der Waals surface area (Å²) < 4.78 is 0. The number of allylic oxidation sites excluding steroid dienone is 1. The molecule has 0 unspecified atom stereocenters. The summed E-state index contributed by atoms with van der Waals surface area (Å²) in [6.07, 6.45) is 8.94. The normalized spacial score (nSPS) is 12.6. The predicted molar refractivity (Wildman–Crippen MR) is 161 cm³/mol. The Morgan fingerprint density at radius 3 is 1.93 bits per heavy atom. The number of aromatic nitrogens is 2. The van der Waals surface area contributed by atoms with Crippen LogP contribution in [0.1, 0.15) is 25.6 Å². The van der Waals surface area contributed by atoms with Crippen LogP contribution in [0, 0.1) is 0 Å². The monoisotopic (exact) mass is 535 g/mol. The van der Waals surface area contributed by atoms with Crippen LogP contribution in [0.15, 0.2) is 127 Å². The molecule has 0 spiro atoms. The topological polar surface area (TPSA) is 63.2 Å². The van der Waals surface area contributed by atoms with Crippen molar-refractivity contribution in [2.45, 2.75) is 0 Å². The third-order valence-corrected chi connectivity index (χ3v) is 8.08. The zero-order valence-corrected chi connectivity index (χ0v) is 22.0. The van der Waals surface area contributed by atoms with Gasteiger partial charge in [0, 0.05) is 39.0 Å². The van der Waals surface area contributed by atoms with E-state index in [0.29, 0.717) is 11.1 Å². The lowest BCUT2D eigenvalue weighted by molar-refractivity contribution is 0.0990. The summed E-state index contributed by atoms with van der Waals surface area (Å²) in [4.78, 5) is 38.3. The minimum Gasteiger partial charge on any atom is -0.307 e. The van der Waals surface area contributed by atoms with Crippen LogP contribution in [0.25, 0.3) is 27.3 Å². The van der Waals surface area contributed by atoms with Gasteiger partial charge in [0.15, 0.2) is 11.6 Å². The standard InChI is InChI=1S/C34H21N3O2S/c38-33-29-7-1-2-8-30(29)34(39)31(33)19-28-13-14-32(40-28)24-10-9-23-18-25(12-11-22(23)17-24)37(26-5-3-15-35-20-26)27-6-4-16-36-21-27/h1-21H. The lowest BCUT2D eigenvalue weighted by Gasteiger charge is -2.24. The molecule has 1 aliphatic rings. The van der Waals surface area contributed by atoms with Gasteiger partial charge in [0.1, 0.15) is 0 Å². The van der Waals surface area contributed by atoms with Gasteiger partial charge in [-0.15, -0.1) is 11.3 Å². The molecule has 6 heteroatoms. The van der Waals surface area contributed by atoms with Crippen LogP contribution in [-0.2, 0) is 0 Å². The average Bonchev–Trinajstić information content (AvgIpc) is 3.57. The van der Waals surface area contributed by atoms with Gasteiger partial charge in [0.2, 0.25) is 0 Å². The van der Waals surface area contributed by atoms with E-state index in [0.717, 1.165) is 43.2 Å². The number of nitrogens with zero attached hydrogens (tertiary/aromatic N) is 3. The van der Waals surface area contributed by atoms with Crippen LogP contribution in [0.2, 0.25) is 0 Å². The number of ketones is 2. The maximum absolute atomic E-state index is 12.8. The first kappa shape index (κ1) is 23.9. The molecule has 0 fully saturated rings. The summed E-state index contributed by atoms with van der Waals surface area (Å²) in [6.45, 7) is 0. The fourth-order valence-corrected chi connectivity index (χ4v) is 6.02. The number of carbonyl (C=O) groups is 2. The van der Waals surface area contributed by atoms with Crippen LogP contribution in [0.4, 0.5) is 17.1 Å². The summed E-state index contributed by atoms with van der Waals surface area (Å²) in [5.41, 5.74) is 5.19. The third-order valence-electron chi connectivity index (χ3n) is 6.99. The minimum atomic E-state index is -0.205. The summed E-state index contributed by atoms with van der Waals surface area (Å²) in [7, 11) is 0. The quantitative estimate of drug-likeness (QED) is 0.164. The van der Waals surface area contributed by atoms with E-state index < -0.39 is 0 Å². The highest BCUT2D eigenvalue weighted by molar-refractivity contribution is 7.16. The molecule has 0 saturated heterocycles. The predicted octanol–water partition coefficient (Wildman–Crippen LogP) is 8.29. The minimum absolute atomic E-state index is 0.205. The number of rotatable bonds is 5. The number of Topliss-reactive ketones (excluding diaryl/α,β-unsaturated/α-hetero) is 2. The number of anilines is 3. The highest BCUT2D eigenvalue weighted by Gasteiger charge is 2.32. The van der Waals surface area contributed by atoms with Crippen LogP contribution in [0.5, 0.6) is 0 Å². The summed E-state index contributed by atoms with van der Waals surface area (Å²) in [5, 5.41) is 2.22. The molecule has 7 rings (SSSR count). The number of hydrogen-bond acceptors (Lipinski definition) is 6. The number of thiophene rings is 1. The molecule has 0 amide bonds. The van der Waals surface area contributed by atoms with Crippen molar-refractivity contribution < 1.29 is 9.59 Å². The SMILES string of the molecule is O=C1C(=Cc2ccc(-c3ccc4cc(N(c5cccnc5)c5cccnc5)ccc4c3)s2)C(=O)c2ccccc21. The van der Waals surface area contributed by atoms with Crippen molar-refractivity contribution in [1.29, 1.82) is 0 Å². The molecule has 0 saturated carbocycles. The number of pyridine rings is 2. The Balaban J connectivity index is 1.20. The van der Waals surface area contributed by atoms with E-state index in [-0.39, 0.29) is 17.1 Å². The van der Waals surface area contributed by atoms with Crippen molar-refractivity contribution in [2.24, 2.45) is 0 Å². The Kier molecular flexibility index (Phi) is 5.87. The van der Waals surface area contributed by atoms with E-state index in [1.807, 2.05) is 48.8 Å². The first-order valence-corrected chi connectivity index (χ1v) is 13.6. The van der Waals surface area contributed by atoms with Gasteiger partial charge in [-0.25, -0.2) is 0 Å². The lowest BCUT2D eigenvalue weighted by atomic mass is 10.0. The largest absolute Gasteiger partial charge is 0.307 e. The molecule has 190 valence electrons. The van der Waals surface area contributed by atoms with Gasteiger partial charge in [0.05, 0.1) is 29.3 Å². The van der Waals surface area contributed by atoms with Gasteiger partial charge in [-0.3, -0.25) is 19.6 Å². The van der Waals surface area contributed by atoms with Crippen molar-refractivity contribution in [3.8, 4) is 10.4 Å². The number of benzene rings is 3. The summed E-state index contributed by atoms with van der Waals surface area (Å²) in [6, 6.07) is 31.7. The molecule has 6 aromatic rings. The van der Waals surface area contributed by atoms with Gasteiger partial charge in [-0.05, 0) is 77.0 Å². The maximum Gasteiger partial charge on any atom is 0.197 e. The van der Waals surface area contributed by atoms with Crippen molar-refractivity contribution in [3.05, 3.63) is 143 Å². The van der Waals surface area contributed by atoms with E-state index in [1.54, 1.807) is 54.1 Å². The van der Waals surface area contributed by atoms with E-state index in [1.165, 1.54) is 0 Å². The molecule has 1 aliphatic carbocycles. The molecule has 40 heavy (non-hydrogen) atoms. The molecular weight excluding hydrogens is 514 g/mol. The second-order valence-corrected chi connectivity index (χ2v) is 10.6. The number of fused-ring (bicyclic) bond motifs is 2. The van der Waals surface area contributed by atoms with Crippen molar-refractivity contribution >= 4 is 56.8 Å². The van der Waals surface area contributed by atoms with Gasteiger partial charge in [-0.2, -0.15) is 0 Å². The first-order chi connectivity index (χ1) is 19.7. The van der Waals surface area contributed by atoms with Crippen molar-refractivity contribution in [3.63, 3.8) is 0 Å². The molecular formula is C34H21N3O2S. The third kappa shape index (κ3) is 4.21. The lowest BCUT2D eigenvalue weighted by Crippen LogP contribution is -2.10. The zero-order chi connectivity index (χ0) is 27.1. The number of carbonyl (C=O) groups excluding carboxylic acids is 2. The van der Waals surface area contributed by atoms with Gasteiger partial charge < -0.3 is 4.90 Å². The van der Waals surface area contributed by atoms with E-state index in [4.69, 9.17) is 0 Å². The average molecular weight is 536 g/mol. The molecule has 5 nitrogen and oxygen atoms in total. The van der Waals surface area contributed by atoms with Gasteiger partial charge in [0.25, 0.3) is 0 Å². The fourth-order valence-electron chi connectivity index (χ4n) is 5.08. The Morgan fingerprint density at radius 2 is 1.27 bits per heavy atom. The highest BCUT2D eigenvalue weighted by atomic mass is 32.1. The second-order valence-electron chi connectivity index (χ2n) is 9.47. The molecule has 3 heterocycles.